The second kappa shape index (κ2) is 8.41. The maximum Gasteiger partial charge on any atom is 0.411 e. The van der Waals surface area contributed by atoms with Crippen molar-refractivity contribution in [1.82, 2.24) is 9.88 Å². The van der Waals surface area contributed by atoms with Crippen molar-refractivity contribution in [1.29, 1.82) is 0 Å². The summed E-state index contributed by atoms with van der Waals surface area (Å²) < 4.78 is 0. The minimum atomic E-state index is -0.990. The Bertz CT molecular complexity index is 778. The number of hydrogen-bond acceptors (Lipinski definition) is 5. The Labute approximate surface area is 177 Å². The molecule has 1 unspecified atom stereocenters. The van der Waals surface area contributed by atoms with Crippen molar-refractivity contribution >= 4 is 23.5 Å². The van der Waals surface area contributed by atoms with Crippen LogP contribution in [0.1, 0.15) is 51.9 Å². The molecule has 1 aromatic rings. The van der Waals surface area contributed by atoms with Gasteiger partial charge in [-0.25, -0.2) is 9.78 Å². The third kappa shape index (κ3) is 3.85. The van der Waals surface area contributed by atoms with E-state index in [4.69, 9.17) is 0 Å². The van der Waals surface area contributed by atoms with Crippen LogP contribution in [0.2, 0.25) is 0 Å². The number of carbonyl (C=O) groups is 2. The van der Waals surface area contributed by atoms with E-state index in [1.54, 1.807) is 19.2 Å². The fourth-order valence-corrected chi connectivity index (χ4v) is 5.43. The summed E-state index contributed by atoms with van der Waals surface area (Å²) in [6.45, 7) is 4.49. The molecule has 2 N–H and O–H groups in total. The van der Waals surface area contributed by atoms with Crippen LogP contribution in [0, 0.1) is 5.41 Å². The van der Waals surface area contributed by atoms with Crippen molar-refractivity contribution in [3.05, 3.63) is 18.3 Å². The zero-order valence-electron chi connectivity index (χ0n) is 17.7. The topological polar surface area (TPSA) is 97.2 Å². The van der Waals surface area contributed by atoms with Gasteiger partial charge in [-0.15, -0.1) is 0 Å². The number of likely N-dealkylation sites (tertiary alicyclic amines) is 1. The number of hydrogen-bond donors (Lipinski definition) is 2. The number of amides is 2. The summed E-state index contributed by atoms with van der Waals surface area (Å²) in [6.07, 6.45) is 6.50. The summed E-state index contributed by atoms with van der Waals surface area (Å²) in [5, 5.41) is 19.1. The zero-order chi connectivity index (χ0) is 21.3. The molecule has 30 heavy (non-hydrogen) atoms. The van der Waals surface area contributed by atoms with Crippen molar-refractivity contribution in [2.45, 2.75) is 64.0 Å². The number of anilines is 2. The van der Waals surface area contributed by atoms with E-state index >= 15 is 0 Å². The molecule has 3 aliphatic rings. The molecule has 4 rings (SSSR count). The molecule has 1 saturated carbocycles. The first-order chi connectivity index (χ1) is 14.4. The minimum absolute atomic E-state index is 0.211. The molecule has 3 fully saturated rings. The number of pyridine rings is 1. The zero-order valence-corrected chi connectivity index (χ0v) is 17.7. The molecule has 2 aliphatic heterocycles. The number of carboxylic acid groups (broad SMARTS) is 1. The maximum absolute atomic E-state index is 13.4. The largest absolute Gasteiger partial charge is 0.465 e. The summed E-state index contributed by atoms with van der Waals surface area (Å²) in [6, 6.07) is 3.92. The number of aromatic nitrogens is 1. The van der Waals surface area contributed by atoms with E-state index in [1.165, 1.54) is 4.90 Å². The molecule has 164 valence electrons. The van der Waals surface area contributed by atoms with E-state index in [0.29, 0.717) is 18.8 Å². The smallest absolute Gasteiger partial charge is 0.411 e. The number of carbonyl (C=O) groups excluding carboxylic acids is 1. The molecule has 1 aromatic heterocycles. The van der Waals surface area contributed by atoms with Gasteiger partial charge in [0.15, 0.2) is 0 Å². The van der Waals surface area contributed by atoms with E-state index in [0.717, 1.165) is 63.9 Å². The average molecular weight is 417 g/mol. The maximum atomic E-state index is 13.4. The molecule has 2 amide bonds. The van der Waals surface area contributed by atoms with Gasteiger partial charge in [-0.05, 0) is 64.0 Å². The fraction of sp³-hybridized carbons (Fsp3) is 0.682. The van der Waals surface area contributed by atoms with Crippen molar-refractivity contribution in [2.75, 3.05) is 36.0 Å². The Morgan fingerprint density at radius 2 is 2.00 bits per heavy atom. The number of piperidine rings is 1. The van der Waals surface area contributed by atoms with Gasteiger partial charge in [-0.2, -0.15) is 0 Å². The Morgan fingerprint density at radius 1 is 1.23 bits per heavy atom. The first-order valence-electron chi connectivity index (χ1n) is 11.1. The van der Waals surface area contributed by atoms with E-state index < -0.39 is 6.09 Å². The van der Waals surface area contributed by atoms with Crippen LogP contribution in [0.5, 0.6) is 0 Å². The molecule has 0 aromatic carbocycles. The van der Waals surface area contributed by atoms with Crippen molar-refractivity contribution < 1.29 is 19.8 Å². The molecule has 8 heteroatoms. The Kier molecular flexibility index (Phi) is 5.86. The van der Waals surface area contributed by atoms with Crippen molar-refractivity contribution in [3.63, 3.8) is 0 Å². The number of aliphatic hydroxyl groups excluding tert-OH is 1. The summed E-state index contributed by atoms with van der Waals surface area (Å²) in [4.78, 5) is 34.8. The Morgan fingerprint density at radius 3 is 2.63 bits per heavy atom. The predicted octanol–water partition coefficient (Wildman–Crippen LogP) is 2.71. The van der Waals surface area contributed by atoms with E-state index in [1.807, 2.05) is 6.07 Å². The second-order valence-corrected chi connectivity index (χ2v) is 8.92. The van der Waals surface area contributed by atoms with Crippen molar-refractivity contribution in [3.8, 4) is 0 Å². The first-order valence-corrected chi connectivity index (χ1v) is 11.1. The number of nitrogens with zero attached hydrogens (tertiary/aromatic N) is 4. The molecule has 0 radical (unpaired) electrons. The fourth-order valence-electron chi connectivity index (χ4n) is 5.43. The molecule has 0 bridgehead atoms. The lowest BCUT2D eigenvalue weighted by Gasteiger charge is -2.41. The van der Waals surface area contributed by atoms with Gasteiger partial charge < -0.3 is 20.0 Å². The van der Waals surface area contributed by atoms with E-state index in [2.05, 4.69) is 14.8 Å². The second-order valence-electron chi connectivity index (χ2n) is 8.92. The molecule has 2 saturated heterocycles. The molecule has 8 nitrogen and oxygen atoms in total. The summed E-state index contributed by atoms with van der Waals surface area (Å²) in [5.74, 6) is 1.07. The van der Waals surface area contributed by atoms with Crippen LogP contribution >= 0.6 is 0 Å². The quantitative estimate of drug-likeness (QED) is 0.783. The van der Waals surface area contributed by atoms with Crippen LogP contribution in [-0.2, 0) is 4.79 Å². The number of aliphatic hydroxyl groups is 1. The summed E-state index contributed by atoms with van der Waals surface area (Å²) in [5.41, 5.74) is 0.216. The molecular formula is C22H32N4O4. The van der Waals surface area contributed by atoms with Crippen LogP contribution in [0.3, 0.4) is 0 Å². The molecule has 1 aliphatic carbocycles. The lowest BCUT2D eigenvalue weighted by atomic mass is 9.78. The van der Waals surface area contributed by atoms with E-state index in [-0.39, 0.29) is 23.5 Å². The normalized spacial score (nSPS) is 29.5. The number of rotatable bonds is 4. The van der Waals surface area contributed by atoms with E-state index in [9.17, 15) is 19.8 Å². The standard InChI is InChI=1S/C22H32N4O4/c1-2-25(21(29)30)17-6-9-19(23-14-17)24-12-3-10-22(15-24)11-13-26(20(22)28)16-4-7-18(27)8-5-16/h6,9,14,16,18,27H,2-5,7-8,10-13,15H2,1H3,(H,29,30)/t16-,18-,22?. The highest BCUT2D eigenvalue weighted by atomic mass is 16.4. The monoisotopic (exact) mass is 416 g/mol. The van der Waals surface area contributed by atoms with Crippen LogP contribution in [0.4, 0.5) is 16.3 Å². The summed E-state index contributed by atoms with van der Waals surface area (Å²) in [7, 11) is 0. The lowest BCUT2D eigenvalue weighted by Crippen LogP contribution is -2.50. The third-order valence-corrected chi connectivity index (χ3v) is 7.14. The van der Waals surface area contributed by atoms with Gasteiger partial charge in [-0.1, -0.05) is 0 Å². The van der Waals surface area contributed by atoms with Gasteiger partial charge in [0.25, 0.3) is 0 Å². The van der Waals surface area contributed by atoms with Gasteiger partial charge in [0.1, 0.15) is 5.82 Å². The molecule has 1 atom stereocenters. The highest BCUT2D eigenvalue weighted by molar-refractivity contribution is 5.87. The van der Waals surface area contributed by atoms with Crippen LogP contribution in [0.25, 0.3) is 0 Å². The highest BCUT2D eigenvalue weighted by Gasteiger charge is 2.50. The minimum Gasteiger partial charge on any atom is -0.465 e. The summed E-state index contributed by atoms with van der Waals surface area (Å²) >= 11 is 0. The van der Waals surface area contributed by atoms with Crippen LogP contribution < -0.4 is 9.80 Å². The Hall–Kier alpha value is -2.35. The highest BCUT2D eigenvalue weighted by Crippen LogP contribution is 2.43. The SMILES string of the molecule is CCN(C(=O)O)c1ccc(N2CCCC3(CCN([C@H]4CC[C@H](O)CC4)C3=O)C2)nc1. The van der Waals surface area contributed by atoms with Crippen molar-refractivity contribution in [2.24, 2.45) is 5.41 Å². The van der Waals surface area contributed by atoms with Crippen LogP contribution in [-0.4, -0.2) is 70.4 Å². The molecule has 3 heterocycles. The lowest BCUT2D eigenvalue weighted by molar-refractivity contribution is -0.139. The van der Waals surface area contributed by atoms with Crippen LogP contribution in [0.15, 0.2) is 18.3 Å². The van der Waals surface area contributed by atoms with Gasteiger partial charge in [0, 0.05) is 32.2 Å². The van der Waals surface area contributed by atoms with Gasteiger partial charge in [0.05, 0.1) is 23.4 Å². The average Bonchev–Trinajstić information content (AvgIpc) is 3.05. The molecular weight excluding hydrogens is 384 g/mol. The van der Waals surface area contributed by atoms with Gasteiger partial charge >= 0.3 is 6.09 Å². The molecule has 1 spiro atoms. The Balaban J connectivity index is 1.45. The predicted molar refractivity (Wildman–Crippen MR) is 114 cm³/mol. The third-order valence-electron chi connectivity index (χ3n) is 7.14. The van der Waals surface area contributed by atoms with Gasteiger partial charge in [-0.3, -0.25) is 9.69 Å². The first kappa shape index (κ1) is 20.9. The van der Waals surface area contributed by atoms with Gasteiger partial charge in [0.2, 0.25) is 5.91 Å².